The standard InChI is InChI=1S/C18H29NO/c1-17(2)11-16(12-18(3,4)19(17)5)14-20-13-15-9-7-6-8-10-15/h6-10,16H,11-14H2,1-5H3. The number of hydrogen-bond acceptors (Lipinski definition) is 2. The third kappa shape index (κ3) is 3.62. The molecule has 2 heteroatoms. The van der Waals surface area contributed by atoms with Crippen molar-refractivity contribution in [2.24, 2.45) is 5.92 Å². The molecule has 2 nitrogen and oxygen atoms in total. The molecule has 0 aliphatic carbocycles. The van der Waals surface area contributed by atoms with Gasteiger partial charge in [0.05, 0.1) is 6.61 Å². The predicted molar refractivity (Wildman–Crippen MR) is 84.7 cm³/mol. The van der Waals surface area contributed by atoms with Crippen molar-refractivity contribution in [3.05, 3.63) is 35.9 Å². The Kier molecular flexibility index (Phi) is 4.55. The molecule has 0 unspecified atom stereocenters. The third-order valence-corrected chi connectivity index (χ3v) is 4.86. The molecule has 0 bridgehead atoms. The highest BCUT2D eigenvalue weighted by atomic mass is 16.5. The Morgan fingerprint density at radius 3 is 2.15 bits per heavy atom. The van der Waals surface area contributed by atoms with Crippen molar-refractivity contribution in [3.63, 3.8) is 0 Å². The summed E-state index contributed by atoms with van der Waals surface area (Å²) in [5, 5.41) is 0. The highest BCUT2D eigenvalue weighted by molar-refractivity contribution is 5.13. The second-order valence-corrected chi connectivity index (χ2v) is 7.46. The molecule has 1 aromatic rings. The zero-order valence-corrected chi connectivity index (χ0v) is 13.6. The Bertz CT molecular complexity index is 406. The van der Waals surface area contributed by atoms with Crippen LogP contribution in [0.2, 0.25) is 0 Å². The molecule has 0 spiro atoms. The van der Waals surface area contributed by atoms with E-state index in [1.54, 1.807) is 0 Å². The number of likely N-dealkylation sites (tertiary alicyclic amines) is 1. The van der Waals surface area contributed by atoms with E-state index in [1.807, 2.05) is 6.07 Å². The Morgan fingerprint density at radius 2 is 1.60 bits per heavy atom. The van der Waals surface area contributed by atoms with Gasteiger partial charge in [0.15, 0.2) is 0 Å². The van der Waals surface area contributed by atoms with Gasteiger partial charge in [-0.1, -0.05) is 30.3 Å². The lowest BCUT2D eigenvalue weighted by atomic mass is 9.74. The largest absolute Gasteiger partial charge is 0.376 e. The van der Waals surface area contributed by atoms with Gasteiger partial charge in [-0.05, 0) is 59.1 Å². The quantitative estimate of drug-likeness (QED) is 0.820. The van der Waals surface area contributed by atoms with Gasteiger partial charge in [-0.15, -0.1) is 0 Å². The van der Waals surface area contributed by atoms with Crippen LogP contribution in [0.25, 0.3) is 0 Å². The van der Waals surface area contributed by atoms with E-state index in [9.17, 15) is 0 Å². The minimum Gasteiger partial charge on any atom is -0.376 e. The summed E-state index contributed by atoms with van der Waals surface area (Å²) in [6.07, 6.45) is 2.42. The molecule has 1 aliphatic rings. The van der Waals surface area contributed by atoms with E-state index in [-0.39, 0.29) is 11.1 Å². The summed E-state index contributed by atoms with van der Waals surface area (Å²) in [6, 6.07) is 10.4. The van der Waals surface area contributed by atoms with Gasteiger partial charge in [0, 0.05) is 17.7 Å². The van der Waals surface area contributed by atoms with E-state index in [4.69, 9.17) is 4.74 Å². The number of ether oxygens (including phenoxy) is 1. The van der Waals surface area contributed by atoms with Gasteiger partial charge in [0.2, 0.25) is 0 Å². The van der Waals surface area contributed by atoms with E-state index in [0.29, 0.717) is 5.92 Å². The maximum absolute atomic E-state index is 5.96. The van der Waals surface area contributed by atoms with Crippen molar-refractivity contribution in [2.45, 2.75) is 58.2 Å². The van der Waals surface area contributed by atoms with Crippen LogP contribution in [0.5, 0.6) is 0 Å². The van der Waals surface area contributed by atoms with E-state index < -0.39 is 0 Å². The minimum absolute atomic E-state index is 0.253. The normalized spacial score (nSPS) is 22.9. The van der Waals surface area contributed by atoms with Crippen molar-refractivity contribution in [2.75, 3.05) is 13.7 Å². The molecule has 0 N–H and O–H groups in total. The first-order valence-corrected chi connectivity index (χ1v) is 7.67. The van der Waals surface area contributed by atoms with Crippen molar-refractivity contribution < 1.29 is 4.74 Å². The lowest BCUT2D eigenvalue weighted by molar-refractivity contribution is -0.0541. The lowest BCUT2D eigenvalue weighted by Gasteiger charge is -2.53. The van der Waals surface area contributed by atoms with E-state index in [1.165, 1.54) is 18.4 Å². The molecule has 0 saturated carbocycles. The molecule has 1 fully saturated rings. The summed E-state index contributed by atoms with van der Waals surface area (Å²) in [5.74, 6) is 0.653. The number of rotatable bonds is 4. The molecule has 0 amide bonds. The van der Waals surface area contributed by atoms with Crippen LogP contribution in [0.1, 0.15) is 46.1 Å². The molecule has 0 radical (unpaired) electrons. The van der Waals surface area contributed by atoms with Gasteiger partial charge in [-0.25, -0.2) is 0 Å². The summed E-state index contributed by atoms with van der Waals surface area (Å²) >= 11 is 0. The van der Waals surface area contributed by atoms with Gasteiger partial charge in [-0.3, -0.25) is 4.90 Å². The van der Waals surface area contributed by atoms with Crippen LogP contribution in [0, 0.1) is 5.92 Å². The molecule has 20 heavy (non-hydrogen) atoms. The highest BCUT2D eigenvalue weighted by Crippen LogP contribution is 2.40. The molecule has 1 aliphatic heterocycles. The van der Waals surface area contributed by atoms with Crippen LogP contribution in [0.4, 0.5) is 0 Å². The van der Waals surface area contributed by atoms with Crippen molar-refractivity contribution >= 4 is 0 Å². The highest BCUT2D eigenvalue weighted by Gasteiger charge is 2.42. The van der Waals surface area contributed by atoms with Crippen molar-refractivity contribution in [1.82, 2.24) is 4.90 Å². The minimum atomic E-state index is 0.253. The van der Waals surface area contributed by atoms with Crippen molar-refractivity contribution in [3.8, 4) is 0 Å². The number of hydrogen-bond donors (Lipinski definition) is 0. The molecule has 112 valence electrons. The number of piperidine rings is 1. The maximum atomic E-state index is 5.96. The van der Waals surface area contributed by atoms with Crippen LogP contribution in [-0.4, -0.2) is 29.6 Å². The van der Waals surface area contributed by atoms with E-state index in [0.717, 1.165) is 13.2 Å². The van der Waals surface area contributed by atoms with E-state index in [2.05, 4.69) is 63.9 Å². The second-order valence-electron chi connectivity index (χ2n) is 7.46. The van der Waals surface area contributed by atoms with E-state index >= 15 is 0 Å². The van der Waals surface area contributed by atoms with Gasteiger partial charge in [0.1, 0.15) is 0 Å². The van der Waals surface area contributed by atoms with Crippen LogP contribution in [0.3, 0.4) is 0 Å². The van der Waals surface area contributed by atoms with Crippen LogP contribution < -0.4 is 0 Å². The fraction of sp³-hybridized carbons (Fsp3) is 0.667. The first-order valence-electron chi connectivity index (χ1n) is 7.67. The average molecular weight is 275 g/mol. The molecule has 1 aromatic carbocycles. The Morgan fingerprint density at radius 1 is 1.05 bits per heavy atom. The Hall–Kier alpha value is -0.860. The molecule has 1 saturated heterocycles. The Labute approximate surface area is 124 Å². The number of benzene rings is 1. The fourth-order valence-corrected chi connectivity index (χ4v) is 3.61. The molecular weight excluding hydrogens is 246 g/mol. The molecule has 0 atom stereocenters. The Balaban J connectivity index is 1.87. The second kappa shape index (κ2) is 5.87. The fourth-order valence-electron chi connectivity index (χ4n) is 3.61. The van der Waals surface area contributed by atoms with Crippen LogP contribution in [-0.2, 0) is 11.3 Å². The number of nitrogens with zero attached hydrogens (tertiary/aromatic N) is 1. The smallest absolute Gasteiger partial charge is 0.0717 e. The zero-order valence-electron chi connectivity index (χ0n) is 13.6. The molecular formula is C18H29NO. The van der Waals surface area contributed by atoms with Gasteiger partial charge >= 0.3 is 0 Å². The van der Waals surface area contributed by atoms with Crippen LogP contribution >= 0.6 is 0 Å². The first-order chi connectivity index (χ1) is 9.31. The summed E-state index contributed by atoms with van der Waals surface area (Å²) in [4.78, 5) is 2.52. The maximum Gasteiger partial charge on any atom is 0.0717 e. The summed E-state index contributed by atoms with van der Waals surface area (Å²) < 4.78 is 5.96. The monoisotopic (exact) mass is 275 g/mol. The van der Waals surface area contributed by atoms with Gasteiger partial charge < -0.3 is 4.74 Å². The third-order valence-electron chi connectivity index (χ3n) is 4.86. The molecule has 2 rings (SSSR count). The summed E-state index contributed by atoms with van der Waals surface area (Å²) in [6.45, 7) is 11.0. The van der Waals surface area contributed by atoms with Crippen LogP contribution in [0.15, 0.2) is 30.3 Å². The lowest BCUT2D eigenvalue weighted by Crippen LogP contribution is -2.59. The topological polar surface area (TPSA) is 12.5 Å². The summed E-state index contributed by atoms with van der Waals surface area (Å²) in [7, 11) is 2.25. The average Bonchev–Trinajstić information content (AvgIpc) is 2.36. The van der Waals surface area contributed by atoms with Gasteiger partial charge in [-0.2, -0.15) is 0 Å². The SMILES string of the molecule is CN1C(C)(C)CC(COCc2ccccc2)CC1(C)C. The predicted octanol–water partition coefficient (Wildman–Crippen LogP) is 4.10. The molecule has 1 heterocycles. The zero-order chi connectivity index (χ0) is 14.8. The first kappa shape index (κ1) is 15.5. The summed E-state index contributed by atoms with van der Waals surface area (Å²) in [5.41, 5.74) is 1.77. The molecule has 0 aromatic heterocycles. The van der Waals surface area contributed by atoms with Crippen molar-refractivity contribution in [1.29, 1.82) is 0 Å². The van der Waals surface area contributed by atoms with Gasteiger partial charge in [0.25, 0.3) is 0 Å².